The third-order valence-corrected chi connectivity index (χ3v) is 6.97. The number of thiazole rings is 1. The van der Waals surface area contributed by atoms with Gasteiger partial charge in [-0.2, -0.15) is 0 Å². The van der Waals surface area contributed by atoms with E-state index in [1.165, 1.54) is 12.5 Å². The molecular formula is C26H28N6O3S. The molecule has 0 aliphatic carbocycles. The quantitative estimate of drug-likeness (QED) is 0.290. The van der Waals surface area contributed by atoms with Crippen LogP contribution in [0.15, 0.2) is 53.4 Å². The number of hydrogen-bond acceptors (Lipinski definition) is 10. The van der Waals surface area contributed by atoms with Crippen molar-refractivity contribution >= 4 is 55.7 Å². The Kier molecular flexibility index (Phi) is 7.08. The van der Waals surface area contributed by atoms with Gasteiger partial charge in [-0.15, -0.1) is 11.3 Å². The van der Waals surface area contributed by atoms with Crippen LogP contribution >= 0.6 is 11.3 Å². The number of aromatic nitrogens is 3. The van der Waals surface area contributed by atoms with E-state index in [2.05, 4.69) is 31.3 Å². The van der Waals surface area contributed by atoms with E-state index in [0.717, 1.165) is 26.9 Å². The van der Waals surface area contributed by atoms with Crippen molar-refractivity contribution in [1.82, 2.24) is 15.0 Å². The molecule has 0 spiro atoms. The Morgan fingerprint density at radius 3 is 2.86 bits per heavy atom. The van der Waals surface area contributed by atoms with Crippen LogP contribution in [-0.4, -0.2) is 58.2 Å². The Morgan fingerprint density at radius 1 is 1.25 bits per heavy atom. The van der Waals surface area contributed by atoms with Gasteiger partial charge in [0.25, 0.3) is 0 Å². The van der Waals surface area contributed by atoms with E-state index in [9.17, 15) is 5.11 Å². The van der Waals surface area contributed by atoms with Gasteiger partial charge >= 0.3 is 0 Å². The molecule has 2 aromatic heterocycles. The second-order valence-electron chi connectivity index (χ2n) is 8.80. The van der Waals surface area contributed by atoms with E-state index in [-0.39, 0.29) is 18.8 Å². The van der Waals surface area contributed by atoms with Crippen molar-refractivity contribution in [2.24, 2.45) is 16.6 Å². The Hall–Kier alpha value is -3.60. The highest BCUT2D eigenvalue weighted by Gasteiger charge is 2.27. The molecule has 186 valence electrons. The number of aliphatic imine (C=N–C) groups is 1. The Bertz CT molecular complexity index is 1430. The number of hydrogen-bond donors (Lipinski definition) is 3. The van der Waals surface area contributed by atoms with Gasteiger partial charge in [-0.1, -0.05) is 0 Å². The van der Waals surface area contributed by atoms with Crippen LogP contribution in [0.3, 0.4) is 0 Å². The highest BCUT2D eigenvalue weighted by Crippen LogP contribution is 2.36. The predicted octanol–water partition coefficient (Wildman–Crippen LogP) is 4.15. The lowest BCUT2D eigenvalue weighted by Crippen LogP contribution is -2.39. The lowest BCUT2D eigenvalue weighted by Gasteiger charge is -2.32. The molecule has 9 nitrogen and oxygen atoms in total. The molecular weight excluding hydrogens is 476 g/mol. The Morgan fingerprint density at radius 2 is 2.11 bits per heavy atom. The first-order chi connectivity index (χ1) is 17.6. The summed E-state index contributed by atoms with van der Waals surface area (Å²) in [5.74, 6) is 1.60. The van der Waals surface area contributed by atoms with Gasteiger partial charge in [0.2, 0.25) is 0 Å². The number of nitrogens with one attached hydrogen (secondary N) is 1. The maximum Gasteiger partial charge on any atom is 0.145 e. The van der Waals surface area contributed by atoms with Crippen molar-refractivity contribution in [3.05, 3.63) is 53.9 Å². The van der Waals surface area contributed by atoms with Crippen molar-refractivity contribution < 1.29 is 14.6 Å². The molecule has 4 N–H and O–H groups in total. The predicted molar refractivity (Wildman–Crippen MR) is 144 cm³/mol. The molecule has 1 aliphatic heterocycles. The first-order valence-corrected chi connectivity index (χ1v) is 12.6. The fourth-order valence-corrected chi connectivity index (χ4v) is 4.58. The molecule has 0 radical (unpaired) electrons. The normalized spacial score (nSPS) is 16.4. The summed E-state index contributed by atoms with van der Waals surface area (Å²) in [6.07, 6.45) is 4.62. The lowest BCUT2D eigenvalue weighted by molar-refractivity contribution is -0.0773. The van der Waals surface area contributed by atoms with Gasteiger partial charge in [0.05, 0.1) is 52.5 Å². The fourth-order valence-electron chi connectivity index (χ4n) is 3.87. The van der Waals surface area contributed by atoms with Crippen LogP contribution in [0.4, 0.5) is 11.5 Å². The van der Waals surface area contributed by atoms with E-state index in [1.807, 2.05) is 43.6 Å². The number of ether oxygens (including phenoxy) is 2. The molecule has 2 aromatic carbocycles. The zero-order chi connectivity index (χ0) is 25.1. The minimum atomic E-state index is -0.233. The SMILES string of the molecule is C[C@@H](CO)N=C/C(=C\N)c1cc(O[C@H](C)C2COC2)c2c(Nc3ccc4ncsc4c3)ncnc2c1. The van der Waals surface area contributed by atoms with E-state index >= 15 is 0 Å². The zero-order valence-electron chi connectivity index (χ0n) is 20.1. The van der Waals surface area contributed by atoms with Gasteiger partial charge in [0, 0.05) is 29.6 Å². The third-order valence-electron chi connectivity index (χ3n) is 6.18. The van der Waals surface area contributed by atoms with Crippen molar-refractivity contribution in [3.63, 3.8) is 0 Å². The van der Waals surface area contributed by atoms with Crippen molar-refractivity contribution in [1.29, 1.82) is 0 Å². The minimum Gasteiger partial charge on any atom is -0.489 e. The van der Waals surface area contributed by atoms with Crippen LogP contribution in [0.1, 0.15) is 19.4 Å². The maximum absolute atomic E-state index is 9.33. The summed E-state index contributed by atoms with van der Waals surface area (Å²) in [6, 6.07) is 9.66. The Labute approximate surface area is 212 Å². The third kappa shape index (κ3) is 5.01. The number of benzene rings is 2. The van der Waals surface area contributed by atoms with Gasteiger partial charge in [-0.05, 0) is 49.7 Å². The molecule has 0 saturated carbocycles. The smallest absolute Gasteiger partial charge is 0.145 e. The molecule has 36 heavy (non-hydrogen) atoms. The highest BCUT2D eigenvalue weighted by molar-refractivity contribution is 7.16. The fraction of sp³-hybridized carbons (Fsp3) is 0.308. The van der Waals surface area contributed by atoms with Crippen LogP contribution < -0.4 is 15.8 Å². The summed E-state index contributed by atoms with van der Waals surface area (Å²) in [5.41, 5.74) is 11.9. The molecule has 1 saturated heterocycles. The zero-order valence-corrected chi connectivity index (χ0v) is 20.9. The van der Waals surface area contributed by atoms with Crippen molar-refractivity contribution in [2.75, 3.05) is 25.1 Å². The van der Waals surface area contributed by atoms with E-state index < -0.39 is 0 Å². The molecule has 2 atom stereocenters. The van der Waals surface area contributed by atoms with E-state index in [4.69, 9.17) is 15.2 Å². The van der Waals surface area contributed by atoms with Crippen LogP contribution in [0, 0.1) is 5.92 Å². The first kappa shape index (κ1) is 24.1. The molecule has 4 aromatic rings. The van der Waals surface area contributed by atoms with E-state index in [0.29, 0.717) is 41.8 Å². The van der Waals surface area contributed by atoms with Crippen molar-refractivity contribution in [3.8, 4) is 5.75 Å². The number of aliphatic hydroxyl groups excluding tert-OH is 1. The second kappa shape index (κ2) is 10.6. The molecule has 0 amide bonds. The number of fused-ring (bicyclic) bond motifs is 2. The average Bonchev–Trinajstić information content (AvgIpc) is 3.31. The second-order valence-corrected chi connectivity index (χ2v) is 9.69. The standard InChI is InChI=1S/C26H28N6O3S/c1-15(10-33)28-9-18(8-27)17-5-22-25(23(6-17)35-16(2)19-11-34-12-19)26(30-13-29-22)32-20-3-4-21-24(7-20)36-14-31-21/h3-9,13-16,19,33H,10-12,27H2,1-2H3,(H,29,30,32)/b18-8+,28-9?/t15-,16+/m0/s1. The van der Waals surface area contributed by atoms with E-state index in [1.54, 1.807) is 17.6 Å². The largest absolute Gasteiger partial charge is 0.489 e. The number of rotatable bonds is 9. The summed E-state index contributed by atoms with van der Waals surface area (Å²) in [5, 5.41) is 13.5. The van der Waals surface area contributed by atoms with Gasteiger partial charge in [0.15, 0.2) is 0 Å². The number of aliphatic hydroxyl groups is 1. The van der Waals surface area contributed by atoms with Crippen LogP contribution in [0.5, 0.6) is 5.75 Å². The summed E-state index contributed by atoms with van der Waals surface area (Å²) in [4.78, 5) is 17.8. The topological polar surface area (TPSA) is 128 Å². The van der Waals surface area contributed by atoms with Gasteiger partial charge in [-0.3, -0.25) is 4.99 Å². The van der Waals surface area contributed by atoms with Gasteiger partial charge in [-0.25, -0.2) is 15.0 Å². The number of nitrogens with two attached hydrogens (primary N) is 1. The van der Waals surface area contributed by atoms with Crippen LogP contribution in [-0.2, 0) is 4.74 Å². The molecule has 10 heteroatoms. The summed E-state index contributed by atoms with van der Waals surface area (Å²) < 4.78 is 12.9. The maximum atomic E-state index is 9.33. The number of allylic oxidation sites excluding steroid dienone is 1. The molecule has 5 rings (SSSR count). The number of anilines is 2. The summed E-state index contributed by atoms with van der Waals surface area (Å²) >= 11 is 1.59. The lowest BCUT2D eigenvalue weighted by atomic mass is 10.0. The monoisotopic (exact) mass is 504 g/mol. The Balaban J connectivity index is 1.58. The average molecular weight is 505 g/mol. The molecule has 1 aliphatic rings. The molecule has 0 unspecified atom stereocenters. The summed E-state index contributed by atoms with van der Waals surface area (Å²) in [6.45, 7) is 5.18. The van der Waals surface area contributed by atoms with Gasteiger partial charge < -0.3 is 25.6 Å². The van der Waals surface area contributed by atoms with Crippen LogP contribution in [0.2, 0.25) is 0 Å². The van der Waals surface area contributed by atoms with Crippen LogP contribution in [0.25, 0.3) is 26.7 Å². The van der Waals surface area contributed by atoms with Crippen molar-refractivity contribution in [2.45, 2.75) is 26.0 Å². The molecule has 0 bridgehead atoms. The van der Waals surface area contributed by atoms with Gasteiger partial charge in [0.1, 0.15) is 24.0 Å². The molecule has 3 heterocycles. The minimum absolute atomic E-state index is 0.0447. The first-order valence-electron chi connectivity index (χ1n) is 11.8. The molecule has 1 fully saturated rings. The summed E-state index contributed by atoms with van der Waals surface area (Å²) in [7, 11) is 0. The number of nitrogens with zero attached hydrogens (tertiary/aromatic N) is 4. The highest BCUT2D eigenvalue weighted by atomic mass is 32.1.